The van der Waals surface area contributed by atoms with Crippen LogP contribution in [0.3, 0.4) is 0 Å². The van der Waals surface area contributed by atoms with Crippen LogP contribution in [0.4, 0.5) is 0 Å². The van der Waals surface area contributed by atoms with E-state index in [0.717, 1.165) is 23.3 Å². The van der Waals surface area contributed by atoms with Gasteiger partial charge in [0.15, 0.2) is 0 Å². The van der Waals surface area contributed by atoms with E-state index in [4.69, 9.17) is 4.74 Å². The molecule has 30 heavy (non-hydrogen) atoms. The summed E-state index contributed by atoms with van der Waals surface area (Å²) >= 11 is 0. The summed E-state index contributed by atoms with van der Waals surface area (Å²) in [6.07, 6.45) is 1.44. The number of aliphatic hydroxyl groups is 1. The minimum atomic E-state index is -0.404. The van der Waals surface area contributed by atoms with Gasteiger partial charge in [0.2, 0.25) is 5.91 Å². The van der Waals surface area contributed by atoms with Gasteiger partial charge in [-0.2, -0.15) is 0 Å². The molecule has 7 nitrogen and oxygen atoms in total. The summed E-state index contributed by atoms with van der Waals surface area (Å²) in [4.78, 5) is 15.1. The van der Waals surface area contributed by atoms with Gasteiger partial charge in [-0.1, -0.05) is 37.3 Å². The number of nitrogens with one attached hydrogen (secondary N) is 2. The zero-order valence-electron chi connectivity index (χ0n) is 17.1. The average molecular weight is 412 g/mol. The maximum Gasteiger partial charge on any atom is 0.242 e. The number of aromatic hydroxyl groups is 1. The number of carbonyl (C=O) groups excluding carboxylic acids is 1. The summed E-state index contributed by atoms with van der Waals surface area (Å²) in [6.45, 7) is 3.20. The van der Waals surface area contributed by atoms with Gasteiger partial charge in [-0.25, -0.2) is 10.9 Å². The second kappa shape index (κ2) is 9.04. The second-order valence-corrected chi connectivity index (χ2v) is 7.85. The Morgan fingerprint density at radius 1 is 1.10 bits per heavy atom. The summed E-state index contributed by atoms with van der Waals surface area (Å²) in [5.41, 5.74) is 8.14. The van der Waals surface area contributed by atoms with Crippen LogP contribution in [-0.4, -0.2) is 46.8 Å². The van der Waals surface area contributed by atoms with Gasteiger partial charge >= 0.3 is 0 Å². The van der Waals surface area contributed by atoms with Crippen molar-refractivity contribution in [3.05, 3.63) is 59.7 Å². The van der Waals surface area contributed by atoms with Gasteiger partial charge in [0, 0.05) is 24.6 Å². The van der Waals surface area contributed by atoms with Gasteiger partial charge in [-0.05, 0) is 36.6 Å². The Bertz CT molecular complexity index is 890. The number of ether oxygens (including phenoxy) is 1. The molecule has 1 amide bonds. The molecule has 2 aromatic rings. The van der Waals surface area contributed by atoms with Crippen LogP contribution in [0, 0.1) is 5.92 Å². The zero-order valence-corrected chi connectivity index (χ0v) is 17.1. The predicted octanol–water partition coefficient (Wildman–Crippen LogP) is 2.28. The SMILES string of the molecule is CCCOc1cccc(C2C3C(NNC3c3ccccc3O)C(=O)N2CCCO)c1. The van der Waals surface area contributed by atoms with E-state index in [2.05, 4.69) is 17.8 Å². The highest BCUT2D eigenvalue weighted by Gasteiger charge is 2.55. The lowest BCUT2D eigenvalue weighted by Crippen LogP contribution is -2.41. The fourth-order valence-corrected chi connectivity index (χ4v) is 4.62. The molecule has 0 saturated carbocycles. The molecular weight excluding hydrogens is 382 g/mol. The van der Waals surface area contributed by atoms with Crippen LogP contribution < -0.4 is 15.6 Å². The molecule has 0 aromatic heterocycles. The molecular formula is C23H29N3O4. The molecule has 2 fully saturated rings. The molecule has 0 radical (unpaired) electrons. The number of amides is 1. The Balaban J connectivity index is 1.73. The number of phenols is 1. The van der Waals surface area contributed by atoms with Crippen molar-refractivity contribution < 1.29 is 19.7 Å². The van der Waals surface area contributed by atoms with E-state index in [0.29, 0.717) is 19.6 Å². The van der Waals surface area contributed by atoms with Crippen molar-refractivity contribution in [1.29, 1.82) is 0 Å². The van der Waals surface area contributed by atoms with Crippen LogP contribution in [0.5, 0.6) is 11.5 Å². The van der Waals surface area contributed by atoms with E-state index in [1.54, 1.807) is 12.1 Å². The van der Waals surface area contributed by atoms with Gasteiger partial charge in [0.25, 0.3) is 0 Å². The smallest absolute Gasteiger partial charge is 0.242 e. The van der Waals surface area contributed by atoms with Gasteiger partial charge in [-0.15, -0.1) is 0 Å². The first-order chi connectivity index (χ1) is 14.7. The van der Waals surface area contributed by atoms with Gasteiger partial charge in [-0.3, -0.25) is 4.79 Å². The molecule has 4 atom stereocenters. The van der Waals surface area contributed by atoms with E-state index in [-0.39, 0.29) is 36.3 Å². The summed E-state index contributed by atoms with van der Waals surface area (Å²) in [5.74, 6) is 0.873. The number of benzene rings is 2. The maximum atomic E-state index is 13.2. The zero-order chi connectivity index (χ0) is 21.1. The van der Waals surface area contributed by atoms with Crippen molar-refractivity contribution in [2.75, 3.05) is 19.8 Å². The molecule has 2 saturated heterocycles. The van der Waals surface area contributed by atoms with Crippen LogP contribution in [-0.2, 0) is 4.79 Å². The largest absolute Gasteiger partial charge is 0.508 e. The first-order valence-electron chi connectivity index (χ1n) is 10.6. The van der Waals surface area contributed by atoms with Crippen molar-refractivity contribution in [2.45, 2.75) is 37.9 Å². The normalized spacial score (nSPS) is 25.5. The van der Waals surface area contributed by atoms with Crippen LogP contribution >= 0.6 is 0 Å². The van der Waals surface area contributed by atoms with E-state index in [1.807, 2.05) is 41.3 Å². The van der Waals surface area contributed by atoms with Crippen molar-refractivity contribution in [3.8, 4) is 11.5 Å². The van der Waals surface area contributed by atoms with E-state index < -0.39 is 6.04 Å². The standard InChI is InChI=1S/C23H29N3O4/c1-2-13-30-16-8-5-7-15(14-16)22-19-20(17-9-3-4-10-18(17)28)24-25-21(19)23(29)26(22)11-6-12-27/h3-5,7-10,14,19-22,24-25,27-28H,2,6,11-13H2,1H3. The molecule has 2 aliphatic heterocycles. The molecule has 0 aliphatic carbocycles. The van der Waals surface area contributed by atoms with Gasteiger partial charge in [0.05, 0.1) is 18.7 Å². The Morgan fingerprint density at radius 3 is 2.67 bits per heavy atom. The molecule has 0 spiro atoms. The average Bonchev–Trinajstić information content (AvgIpc) is 3.30. The van der Waals surface area contributed by atoms with Crippen LogP contribution in [0.25, 0.3) is 0 Å². The van der Waals surface area contributed by atoms with Crippen LogP contribution in [0.2, 0.25) is 0 Å². The first kappa shape index (κ1) is 20.7. The third-order valence-electron chi connectivity index (χ3n) is 5.92. The summed E-state index contributed by atoms with van der Waals surface area (Å²) in [5, 5.41) is 19.8. The quantitative estimate of drug-likeness (QED) is 0.533. The number of hydrogen-bond acceptors (Lipinski definition) is 6. The fraction of sp³-hybridized carbons (Fsp3) is 0.435. The number of hydrogen-bond donors (Lipinski definition) is 4. The highest BCUT2D eigenvalue weighted by Crippen LogP contribution is 2.48. The molecule has 4 unspecified atom stereocenters. The Kier molecular flexibility index (Phi) is 6.22. The molecule has 2 heterocycles. The second-order valence-electron chi connectivity index (χ2n) is 7.85. The fourth-order valence-electron chi connectivity index (χ4n) is 4.62. The molecule has 7 heteroatoms. The topological polar surface area (TPSA) is 94.1 Å². The van der Waals surface area contributed by atoms with Crippen molar-refractivity contribution in [1.82, 2.24) is 15.8 Å². The van der Waals surface area contributed by atoms with Crippen molar-refractivity contribution >= 4 is 5.91 Å². The monoisotopic (exact) mass is 411 g/mol. The molecule has 4 N–H and O–H groups in total. The summed E-state index contributed by atoms with van der Waals surface area (Å²) in [6, 6.07) is 14.3. The third-order valence-corrected chi connectivity index (χ3v) is 5.92. The van der Waals surface area contributed by atoms with Crippen LogP contribution in [0.1, 0.15) is 43.0 Å². The minimum absolute atomic E-state index is 0.00347. The van der Waals surface area contributed by atoms with E-state index >= 15 is 0 Å². The minimum Gasteiger partial charge on any atom is -0.508 e. The highest BCUT2D eigenvalue weighted by molar-refractivity contribution is 5.86. The highest BCUT2D eigenvalue weighted by atomic mass is 16.5. The summed E-state index contributed by atoms with van der Waals surface area (Å²) < 4.78 is 5.83. The third kappa shape index (κ3) is 3.76. The Morgan fingerprint density at radius 2 is 1.90 bits per heavy atom. The number of carbonyl (C=O) groups is 1. The maximum absolute atomic E-state index is 13.2. The van der Waals surface area contributed by atoms with Crippen molar-refractivity contribution in [2.24, 2.45) is 5.92 Å². The molecule has 0 bridgehead atoms. The molecule has 2 aliphatic rings. The number of phenolic OH excluding ortho intramolecular Hbond substituents is 1. The lowest BCUT2D eigenvalue weighted by atomic mass is 9.83. The predicted molar refractivity (Wildman–Crippen MR) is 113 cm³/mol. The number of likely N-dealkylation sites (tertiary alicyclic amines) is 1. The lowest BCUT2D eigenvalue weighted by Gasteiger charge is -2.31. The van der Waals surface area contributed by atoms with Gasteiger partial charge in [0.1, 0.15) is 17.5 Å². The van der Waals surface area contributed by atoms with Crippen LogP contribution in [0.15, 0.2) is 48.5 Å². The Labute approximate surface area is 176 Å². The number of para-hydroxylation sites is 1. The number of rotatable bonds is 8. The van der Waals surface area contributed by atoms with Crippen molar-refractivity contribution in [3.63, 3.8) is 0 Å². The number of fused-ring (bicyclic) bond motifs is 1. The number of aliphatic hydroxyl groups excluding tert-OH is 1. The number of nitrogens with zero attached hydrogens (tertiary/aromatic N) is 1. The van der Waals surface area contributed by atoms with Gasteiger partial charge < -0.3 is 19.8 Å². The summed E-state index contributed by atoms with van der Waals surface area (Å²) in [7, 11) is 0. The van der Waals surface area contributed by atoms with E-state index in [1.165, 1.54) is 0 Å². The number of hydrazine groups is 1. The first-order valence-corrected chi connectivity index (χ1v) is 10.6. The lowest BCUT2D eigenvalue weighted by molar-refractivity contribution is -0.130. The van der Waals surface area contributed by atoms with E-state index in [9.17, 15) is 15.0 Å². The molecule has 4 rings (SSSR count). The molecule has 2 aromatic carbocycles. The molecule has 160 valence electrons. The Hall–Kier alpha value is -2.61.